The van der Waals surface area contributed by atoms with Crippen molar-refractivity contribution in [1.82, 2.24) is 10.6 Å². The van der Waals surface area contributed by atoms with Crippen LogP contribution in [0, 0.1) is 0 Å². The second kappa shape index (κ2) is 5.53. The fourth-order valence-electron chi connectivity index (χ4n) is 2.14. The van der Waals surface area contributed by atoms with Gasteiger partial charge in [-0.3, -0.25) is 4.79 Å². The molecule has 108 valence electrons. The van der Waals surface area contributed by atoms with Gasteiger partial charge in [0.05, 0.1) is 6.42 Å². The van der Waals surface area contributed by atoms with Gasteiger partial charge in [-0.2, -0.15) is 0 Å². The van der Waals surface area contributed by atoms with E-state index in [-0.39, 0.29) is 17.5 Å². The van der Waals surface area contributed by atoms with Crippen molar-refractivity contribution in [1.29, 1.82) is 0 Å². The zero-order valence-corrected chi connectivity index (χ0v) is 12.2. The number of fused-ring (bicyclic) bond motifs is 1. The molecule has 2 rings (SSSR count). The molecule has 3 N–H and O–H groups in total. The summed E-state index contributed by atoms with van der Waals surface area (Å²) in [4.78, 5) is 22.9. The molecular formula is C15H21N3O2. The van der Waals surface area contributed by atoms with E-state index < -0.39 is 0 Å². The molecule has 1 aliphatic heterocycles. The molecule has 0 saturated heterocycles. The second-order valence-corrected chi connectivity index (χ2v) is 6.10. The third kappa shape index (κ3) is 3.98. The average molecular weight is 275 g/mol. The van der Waals surface area contributed by atoms with Crippen molar-refractivity contribution in [2.75, 3.05) is 11.9 Å². The Balaban J connectivity index is 1.82. The van der Waals surface area contributed by atoms with Gasteiger partial charge in [0.25, 0.3) is 0 Å². The fraction of sp³-hybridized carbons (Fsp3) is 0.467. The van der Waals surface area contributed by atoms with Crippen molar-refractivity contribution in [3.8, 4) is 0 Å². The molecular weight excluding hydrogens is 254 g/mol. The van der Waals surface area contributed by atoms with E-state index in [0.29, 0.717) is 13.0 Å². The number of nitrogens with one attached hydrogen (secondary N) is 3. The highest BCUT2D eigenvalue weighted by molar-refractivity contribution is 5.99. The lowest BCUT2D eigenvalue weighted by Crippen LogP contribution is -2.46. The van der Waals surface area contributed by atoms with Crippen molar-refractivity contribution in [3.63, 3.8) is 0 Å². The Labute approximate surface area is 119 Å². The quantitative estimate of drug-likeness (QED) is 0.787. The summed E-state index contributed by atoms with van der Waals surface area (Å²) in [5.74, 6) is 0.0415. The Morgan fingerprint density at radius 1 is 1.35 bits per heavy atom. The van der Waals surface area contributed by atoms with Crippen LogP contribution in [0.4, 0.5) is 10.5 Å². The van der Waals surface area contributed by atoms with E-state index in [1.807, 2.05) is 39.0 Å². The van der Waals surface area contributed by atoms with Crippen molar-refractivity contribution < 1.29 is 9.59 Å². The predicted molar refractivity (Wildman–Crippen MR) is 78.8 cm³/mol. The maximum absolute atomic E-state index is 11.6. The molecule has 20 heavy (non-hydrogen) atoms. The van der Waals surface area contributed by atoms with Gasteiger partial charge in [-0.25, -0.2) is 4.79 Å². The van der Waals surface area contributed by atoms with Gasteiger partial charge >= 0.3 is 6.03 Å². The first-order valence-electron chi connectivity index (χ1n) is 6.81. The second-order valence-electron chi connectivity index (χ2n) is 6.10. The largest absolute Gasteiger partial charge is 0.338 e. The summed E-state index contributed by atoms with van der Waals surface area (Å²) in [5.41, 5.74) is 2.82. The molecule has 0 saturated carbocycles. The smallest absolute Gasteiger partial charge is 0.315 e. The molecule has 0 bridgehead atoms. The average Bonchev–Trinajstić information content (AvgIpc) is 2.66. The maximum Gasteiger partial charge on any atom is 0.315 e. The van der Waals surface area contributed by atoms with Gasteiger partial charge in [-0.05, 0) is 44.4 Å². The highest BCUT2D eigenvalue weighted by atomic mass is 16.2. The standard InChI is InChI=1S/C15H21N3O2/c1-15(2,3)18-14(20)16-7-6-10-4-5-12-11(8-10)9-13(19)17-12/h4-5,8H,6-7,9H2,1-3H3,(H,17,19)(H2,16,18,20). The number of anilines is 1. The number of hydrogen-bond acceptors (Lipinski definition) is 2. The SMILES string of the molecule is CC(C)(C)NC(=O)NCCc1ccc2c(c1)CC(=O)N2. The Kier molecular flexibility index (Phi) is 3.97. The molecule has 1 aliphatic rings. The van der Waals surface area contributed by atoms with Gasteiger partial charge in [-0.15, -0.1) is 0 Å². The van der Waals surface area contributed by atoms with E-state index >= 15 is 0 Å². The summed E-state index contributed by atoms with van der Waals surface area (Å²) in [5, 5.41) is 8.49. The third-order valence-corrected chi connectivity index (χ3v) is 2.98. The minimum absolute atomic E-state index is 0.0415. The van der Waals surface area contributed by atoms with E-state index in [1.165, 1.54) is 0 Å². The third-order valence-electron chi connectivity index (χ3n) is 2.98. The van der Waals surface area contributed by atoms with Crippen molar-refractivity contribution >= 4 is 17.6 Å². The number of urea groups is 1. The van der Waals surface area contributed by atoms with Crippen molar-refractivity contribution in [2.24, 2.45) is 0 Å². The number of hydrogen-bond donors (Lipinski definition) is 3. The summed E-state index contributed by atoms with van der Waals surface area (Å²) in [6.07, 6.45) is 1.19. The van der Waals surface area contributed by atoms with E-state index in [1.54, 1.807) is 0 Å². The lowest BCUT2D eigenvalue weighted by atomic mass is 10.1. The van der Waals surface area contributed by atoms with Crippen LogP contribution in [-0.4, -0.2) is 24.0 Å². The highest BCUT2D eigenvalue weighted by Gasteiger charge is 2.17. The zero-order chi connectivity index (χ0) is 14.8. The molecule has 0 atom stereocenters. The minimum atomic E-state index is -0.232. The van der Waals surface area contributed by atoms with Crippen molar-refractivity contribution in [3.05, 3.63) is 29.3 Å². The highest BCUT2D eigenvalue weighted by Crippen LogP contribution is 2.23. The van der Waals surface area contributed by atoms with Gasteiger partial charge in [0.15, 0.2) is 0 Å². The first-order chi connectivity index (χ1) is 9.33. The summed E-state index contributed by atoms with van der Waals surface area (Å²) in [7, 11) is 0. The normalized spacial score (nSPS) is 13.7. The van der Waals surface area contributed by atoms with E-state index in [9.17, 15) is 9.59 Å². The van der Waals surface area contributed by atoms with Crippen LogP contribution in [0.2, 0.25) is 0 Å². The topological polar surface area (TPSA) is 70.2 Å². The van der Waals surface area contributed by atoms with Gasteiger partial charge in [-0.1, -0.05) is 12.1 Å². The maximum atomic E-state index is 11.6. The summed E-state index contributed by atoms with van der Waals surface area (Å²) in [6.45, 7) is 6.40. The summed E-state index contributed by atoms with van der Waals surface area (Å²) < 4.78 is 0. The Morgan fingerprint density at radius 2 is 2.10 bits per heavy atom. The molecule has 0 aliphatic carbocycles. The first-order valence-corrected chi connectivity index (χ1v) is 6.81. The van der Waals surface area contributed by atoms with Gasteiger partial charge in [0, 0.05) is 17.8 Å². The van der Waals surface area contributed by atoms with Crippen LogP contribution in [0.3, 0.4) is 0 Å². The van der Waals surface area contributed by atoms with Crippen LogP contribution >= 0.6 is 0 Å². The molecule has 0 aromatic heterocycles. The molecule has 1 heterocycles. The van der Waals surface area contributed by atoms with Gasteiger partial charge in [0.1, 0.15) is 0 Å². The zero-order valence-electron chi connectivity index (χ0n) is 12.2. The van der Waals surface area contributed by atoms with Crippen LogP contribution in [0.5, 0.6) is 0 Å². The van der Waals surface area contributed by atoms with Gasteiger partial charge < -0.3 is 16.0 Å². The number of rotatable bonds is 3. The molecule has 0 fully saturated rings. The van der Waals surface area contributed by atoms with E-state index in [2.05, 4.69) is 16.0 Å². The molecule has 0 radical (unpaired) electrons. The van der Waals surface area contributed by atoms with E-state index in [4.69, 9.17) is 0 Å². The molecule has 1 aromatic carbocycles. The predicted octanol–water partition coefficient (Wildman–Crippen LogP) is 1.82. The lowest BCUT2D eigenvalue weighted by molar-refractivity contribution is -0.115. The van der Waals surface area contributed by atoms with Crippen molar-refractivity contribution in [2.45, 2.75) is 39.2 Å². The number of carbonyl (C=O) groups excluding carboxylic acids is 2. The van der Waals surface area contributed by atoms with Crippen LogP contribution in [0.1, 0.15) is 31.9 Å². The number of amides is 3. The molecule has 0 unspecified atom stereocenters. The lowest BCUT2D eigenvalue weighted by Gasteiger charge is -2.20. The molecule has 5 nitrogen and oxygen atoms in total. The minimum Gasteiger partial charge on any atom is -0.338 e. The summed E-state index contributed by atoms with van der Waals surface area (Å²) >= 11 is 0. The Morgan fingerprint density at radius 3 is 2.80 bits per heavy atom. The molecule has 3 amide bonds. The fourth-order valence-corrected chi connectivity index (χ4v) is 2.14. The molecule has 1 aromatic rings. The first kappa shape index (κ1) is 14.4. The van der Waals surface area contributed by atoms with E-state index in [0.717, 1.165) is 23.2 Å². The van der Waals surface area contributed by atoms with Crippen LogP contribution in [0.25, 0.3) is 0 Å². The molecule has 5 heteroatoms. The van der Waals surface area contributed by atoms with Crippen LogP contribution in [0.15, 0.2) is 18.2 Å². The monoisotopic (exact) mass is 275 g/mol. The van der Waals surface area contributed by atoms with Crippen LogP contribution < -0.4 is 16.0 Å². The number of benzene rings is 1. The van der Waals surface area contributed by atoms with Gasteiger partial charge in [0.2, 0.25) is 5.91 Å². The number of carbonyl (C=O) groups is 2. The molecule has 0 spiro atoms. The Hall–Kier alpha value is -2.04. The van der Waals surface area contributed by atoms with Crippen LogP contribution in [-0.2, 0) is 17.6 Å². The Bertz CT molecular complexity index is 532. The summed E-state index contributed by atoms with van der Waals surface area (Å²) in [6, 6.07) is 5.77.